The van der Waals surface area contributed by atoms with Gasteiger partial charge in [-0.1, -0.05) is 0 Å². The van der Waals surface area contributed by atoms with Crippen molar-refractivity contribution in [3.05, 3.63) is 57.4 Å². The van der Waals surface area contributed by atoms with Crippen LogP contribution in [0.1, 0.15) is 50.7 Å². The fraction of sp³-hybridized carbons (Fsp3) is 0.364. The molecule has 2 aromatic heterocycles. The number of fused-ring (bicyclic) bond motifs is 4. The van der Waals surface area contributed by atoms with Gasteiger partial charge in [-0.25, -0.2) is 14.4 Å². The van der Waals surface area contributed by atoms with Gasteiger partial charge < -0.3 is 4.55 Å². The van der Waals surface area contributed by atoms with Crippen LogP contribution in [0.5, 0.6) is 0 Å². The summed E-state index contributed by atoms with van der Waals surface area (Å²) in [5, 5.41) is 9.30. The summed E-state index contributed by atoms with van der Waals surface area (Å²) in [5.74, 6) is -0.110. The molecule has 4 rings (SSSR count). The van der Waals surface area contributed by atoms with Gasteiger partial charge in [-0.15, -0.1) is 4.72 Å². The van der Waals surface area contributed by atoms with E-state index in [2.05, 4.69) is 9.71 Å². The molecule has 0 aliphatic carbocycles. The summed E-state index contributed by atoms with van der Waals surface area (Å²) in [4.78, 5) is 22.3. The van der Waals surface area contributed by atoms with Gasteiger partial charge in [0.2, 0.25) is 0 Å². The zero-order valence-electron chi connectivity index (χ0n) is 17.7. The number of aryl methyl sites for hydroxylation is 1. The molecular weight excluding hydrogens is 417 g/mol. The second kappa shape index (κ2) is 7.71. The van der Waals surface area contributed by atoms with Crippen LogP contribution < -0.4 is 10.3 Å². The van der Waals surface area contributed by atoms with Crippen LogP contribution >= 0.6 is 0 Å². The molecule has 0 amide bonds. The molecule has 1 N–H and O–H groups in total. The van der Waals surface area contributed by atoms with Gasteiger partial charge in [0, 0.05) is 35.5 Å². The van der Waals surface area contributed by atoms with E-state index < -0.39 is 28.0 Å². The lowest BCUT2D eigenvalue weighted by Crippen LogP contribution is -2.40. The van der Waals surface area contributed by atoms with Gasteiger partial charge in [0.1, 0.15) is 28.2 Å². The van der Waals surface area contributed by atoms with Crippen LogP contribution in [0.25, 0.3) is 22.3 Å². The summed E-state index contributed by atoms with van der Waals surface area (Å²) in [6, 6.07) is 7.37. The van der Waals surface area contributed by atoms with E-state index in [-0.39, 0.29) is 10.9 Å². The fourth-order valence-corrected chi connectivity index (χ4v) is 4.44. The van der Waals surface area contributed by atoms with Gasteiger partial charge in [-0.2, -0.15) is 5.26 Å². The predicted octanol–water partition coefficient (Wildman–Crippen LogP) is 3.14. The van der Waals surface area contributed by atoms with Crippen molar-refractivity contribution in [3.8, 4) is 17.5 Å². The zero-order valence-corrected chi connectivity index (χ0v) is 18.5. The highest BCUT2D eigenvalue weighted by atomic mass is 32.2. The van der Waals surface area contributed by atoms with E-state index in [0.29, 0.717) is 46.8 Å². The first-order valence-corrected chi connectivity index (χ1v) is 11.1. The predicted molar refractivity (Wildman–Crippen MR) is 117 cm³/mol. The van der Waals surface area contributed by atoms with E-state index in [4.69, 9.17) is 10.2 Å². The molecule has 31 heavy (non-hydrogen) atoms. The van der Waals surface area contributed by atoms with Crippen LogP contribution in [0.2, 0.25) is 0 Å². The lowest BCUT2D eigenvalue weighted by Gasteiger charge is -2.27. The molecule has 0 radical (unpaired) electrons. The van der Waals surface area contributed by atoms with Gasteiger partial charge in [0.05, 0.1) is 22.6 Å². The van der Waals surface area contributed by atoms with Gasteiger partial charge in [0.25, 0.3) is 5.56 Å². The van der Waals surface area contributed by atoms with Crippen LogP contribution in [-0.2, 0) is 24.3 Å². The first-order valence-electron chi connectivity index (χ1n) is 9.92. The monoisotopic (exact) mass is 439 g/mol. The highest BCUT2D eigenvalue weighted by Gasteiger charge is 2.30. The zero-order chi connectivity index (χ0) is 22.5. The van der Waals surface area contributed by atoms with Crippen molar-refractivity contribution in [2.75, 3.05) is 0 Å². The second-order valence-electron chi connectivity index (χ2n) is 8.56. The molecule has 1 aliphatic heterocycles. The lowest BCUT2D eigenvalue weighted by atomic mass is 10.0. The first-order chi connectivity index (χ1) is 14.6. The third-order valence-electron chi connectivity index (χ3n) is 5.26. The van der Waals surface area contributed by atoms with Gasteiger partial charge in [-0.05, 0) is 52.0 Å². The maximum Gasteiger partial charge on any atom is 0.261 e. The van der Waals surface area contributed by atoms with E-state index in [0.717, 1.165) is 0 Å². The fourth-order valence-electron chi connectivity index (χ4n) is 3.64. The third kappa shape index (κ3) is 3.82. The first kappa shape index (κ1) is 21.4. The smallest absolute Gasteiger partial charge is 0.261 e. The molecule has 0 saturated carbocycles. The lowest BCUT2D eigenvalue weighted by molar-refractivity contribution is 0.530. The number of halogens is 1. The van der Waals surface area contributed by atoms with Crippen molar-refractivity contribution in [2.24, 2.45) is 0 Å². The molecule has 2 atom stereocenters. The summed E-state index contributed by atoms with van der Waals surface area (Å²) >= 11 is -1.39. The minimum Gasteiger partial charge on any atom is -0.598 e. The molecule has 3 aromatic rings. The van der Waals surface area contributed by atoms with Crippen molar-refractivity contribution in [1.29, 1.82) is 5.26 Å². The van der Waals surface area contributed by atoms with Crippen LogP contribution in [0.3, 0.4) is 0 Å². The van der Waals surface area contributed by atoms with E-state index in [1.54, 1.807) is 19.1 Å². The molecule has 0 fully saturated rings. The molecule has 7 nitrogen and oxygen atoms in total. The number of rotatable bonds is 3. The summed E-state index contributed by atoms with van der Waals surface area (Å²) in [6.45, 7) is 7.64. The van der Waals surface area contributed by atoms with Gasteiger partial charge in [-0.3, -0.25) is 9.36 Å². The van der Waals surface area contributed by atoms with Gasteiger partial charge in [0.15, 0.2) is 0 Å². The van der Waals surface area contributed by atoms with Crippen molar-refractivity contribution in [1.82, 2.24) is 19.3 Å². The maximum absolute atomic E-state index is 14.4. The van der Waals surface area contributed by atoms with E-state index in [1.807, 2.05) is 26.8 Å². The third-order valence-corrected chi connectivity index (χ3v) is 6.94. The number of hydrogen-bond acceptors (Lipinski definition) is 6. The van der Waals surface area contributed by atoms with Crippen molar-refractivity contribution >= 4 is 22.3 Å². The molecular formula is C22H22FN5O2S. The number of nitrogens with zero attached hydrogens (tertiary/aromatic N) is 4. The molecule has 0 bridgehead atoms. The minimum atomic E-state index is -1.39. The summed E-state index contributed by atoms with van der Waals surface area (Å²) in [6.07, 6.45) is 0.482. The molecule has 3 heterocycles. The van der Waals surface area contributed by atoms with E-state index >= 15 is 0 Å². The molecule has 1 unspecified atom stereocenters. The van der Waals surface area contributed by atoms with Crippen LogP contribution in [0, 0.1) is 17.1 Å². The Morgan fingerprint density at radius 2 is 2.06 bits per heavy atom. The molecule has 9 heteroatoms. The average molecular weight is 440 g/mol. The maximum atomic E-state index is 14.4. The Morgan fingerprint density at radius 3 is 2.74 bits per heavy atom. The molecule has 1 aromatic carbocycles. The molecule has 0 saturated heterocycles. The van der Waals surface area contributed by atoms with Crippen molar-refractivity contribution in [3.63, 3.8) is 0 Å². The Bertz CT molecular complexity index is 1290. The Balaban J connectivity index is 1.91. The standard InChI is InChI=1S/C22H22FN5O2S/c1-12(27-31(30)22(2,3)4)16-9-13(23)10-17-19(16)26-20-15-6-5-14(11-24)25-18(15)7-8-28(20)21(17)29/h5-6,9-10,12,27H,7-8H2,1-4H3/t12-,31?/m1/s1. The summed E-state index contributed by atoms with van der Waals surface area (Å²) < 4.78 is 31.0. The van der Waals surface area contributed by atoms with E-state index in [9.17, 15) is 13.7 Å². The van der Waals surface area contributed by atoms with Crippen LogP contribution in [-0.4, -0.2) is 23.8 Å². The Labute approximate surface area is 182 Å². The SMILES string of the molecule is C[C@@H](N[S+]([O-])C(C)(C)C)c1cc(F)cc2c(=O)n3c(nc12)-c1ccc(C#N)nc1CC3. The molecule has 1 aliphatic rings. The molecule has 160 valence electrons. The summed E-state index contributed by atoms with van der Waals surface area (Å²) in [5.41, 5.74) is 2.18. The number of nitrogens with one attached hydrogen (secondary N) is 1. The normalized spacial score (nSPS) is 15.1. The van der Waals surface area contributed by atoms with Crippen molar-refractivity contribution in [2.45, 2.75) is 51.4 Å². The number of nitriles is 1. The van der Waals surface area contributed by atoms with Gasteiger partial charge >= 0.3 is 0 Å². The topological polar surface area (TPSA) is 107 Å². The highest BCUT2D eigenvalue weighted by molar-refractivity contribution is 7.90. The Morgan fingerprint density at radius 1 is 1.32 bits per heavy atom. The van der Waals surface area contributed by atoms with Crippen LogP contribution in [0.4, 0.5) is 4.39 Å². The minimum absolute atomic E-state index is 0.180. The number of aromatic nitrogens is 3. The molecule has 0 spiro atoms. The van der Waals surface area contributed by atoms with E-state index in [1.165, 1.54) is 16.7 Å². The largest absolute Gasteiger partial charge is 0.598 e. The average Bonchev–Trinajstić information content (AvgIpc) is 2.72. The van der Waals surface area contributed by atoms with Crippen molar-refractivity contribution < 1.29 is 8.94 Å². The number of pyridine rings is 1. The number of hydrogen-bond donors (Lipinski definition) is 1. The Hall–Kier alpha value is -2.80. The summed E-state index contributed by atoms with van der Waals surface area (Å²) in [7, 11) is 0. The second-order valence-corrected chi connectivity index (χ2v) is 10.6. The number of benzene rings is 1. The quantitative estimate of drug-likeness (QED) is 0.629. The van der Waals surface area contributed by atoms with Crippen LogP contribution in [0.15, 0.2) is 29.1 Å². The highest BCUT2D eigenvalue weighted by Crippen LogP contribution is 2.30. The Kier molecular flexibility index (Phi) is 5.33.